The Labute approximate surface area is 229 Å². The first-order chi connectivity index (χ1) is 19.0. The van der Waals surface area contributed by atoms with Crippen LogP contribution >= 0.6 is 0 Å². The third kappa shape index (κ3) is 4.55. The summed E-state index contributed by atoms with van der Waals surface area (Å²) in [7, 11) is 0. The molecule has 4 heterocycles. The number of carboxylic acid groups (broad SMARTS) is 1. The number of aryl methyl sites for hydroxylation is 1. The second-order valence-corrected chi connectivity index (χ2v) is 10.5. The second-order valence-electron chi connectivity index (χ2n) is 10.5. The van der Waals surface area contributed by atoms with Gasteiger partial charge in [0.25, 0.3) is 0 Å². The molecule has 5 rings (SSSR count). The van der Waals surface area contributed by atoms with Crippen molar-refractivity contribution in [1.82, 2.24) is 24.4 Å². The predicted octanol–water partition coefficient (Wildman–Crippen LogP) is 5.13. The van der Waals surface area contributed by atoms with Gasteiger partial charge in [0.1, 0.15) is 23.1 Å². The van der Waals surface area contributed by atoms with Crippen molar-refractivity contribution in [3.05, 3.63) is 76.0 Å². The first-order valence-corrected chi connectivity index (χ1v) is 13.1. The molecule has 0 bridgehead atoms. The fraction of sp³-hybridized carbons (Fsp3) is 0.345. The molecule has 1 fully saturated rings. The normalized spacial score (nSPS) is 17.6. The highest BCUT2D eigenvalue weighted by Gasteiger charge is 2.34. The second kappa shape index (κ2) is 10.3. The zero-order valence-electron chi connectivity index (χ0n) is 22.9. The van der Waals surface area contributed by atoms with E-state index in [1.807, 2.05) is 32.6 Å². The Kier molecular flexibility index (Phi) is 6.99. The largest absolute Gasteiger partial charge is 0.465 e. The van der Waals surface area contributed by atoms with Crippen LogP contribution in [0, 0.1) is 18.6 Å². The van der Waals surface area contributed by atoms with Crippen LogP contribution in [0.1, 0.15) is 44.9 Å². The SMILES string of the molecule is Cc1ccnc(C(C)C)c1-n1c(=O)nc(N2CC(C)N(C(=O)O)CC2C)c2cc(F)c(-c3ccccc3F)nc21. The molecule has 1 amide bonds. The summed E-state index contributed by atoms with van der Waals surface area (Å²) in [4.78, 5) is 42.2. The monoisotopic (exact) mass is 548 g/mol. The summed E-state index contributed by atoms with van der Waals surface area (Å²) in [6, 6.07) is 7.97. The fourth-order valence-electron chi connectivity index (χ4n) is 5.34. The molecule has 0 saturated carbocycles. The van der Waals surface area contributed by atoms with Gasteiger partial charge in [0.15, 0.2) is 5.65 Å². The van der Waals surface area contributed by atoms with Crippen molar-refractivity contribution >= 4 is 22.9 Å². The first-order valence-electron chi connectivity index (χ1n) is 13.1. The number of amides is 1. The van der Waals surface area contributed by atoms with Gasteiger partial charge in [-0.3, -0.25) is 4.98 Å². The van der Waals surface area contributed by atoms with Crippen LogP contribution in [0.2, 0.25) is 0 Å². The number of rotatable bonds is 4. The molecule has 11 heteroatoms. The van der Waals surface area contributed by atoms with Crippen LogP contribution < -0.4 is 10.6 Å². The third-order valence-corrected chi connectivity index (χ3v) is 7.36. The summed E-state index contributed by atoms with van der Waals surface area (Å²) in [6.45, 7) is 9.72. The average Bonchev–Trinajstić information content (AvgIpc) is 2.90. The summed E-state index contributed by atoms with van der Waals surface area (Å²) >= 11 is 0. The molecule has 40 heavy (non-hydrogen) atoms. The lowest BCUT2D eigenvalue weighted by molar-refractivity contribution is 0.114. The first kappa shape index (κ1) is 27.2. The number of hydrogen-bond donors (Lipinski definition) is 1. The van der Waals surface area contributed by atoms with Gasteiger partial charge in [-0.2, -0.15) is 4.98 Å². The number of benzene rings is 1. The molecule has 4 aromatic rings. The molecule has 1 aliphatic heterocycles. The Hall–Kier alpha value is -4.41. The highest BCUT2D eigenvalue weighted by atomic mass is 19.1. The average molecular weight is 549 g/mol. The molecular weight excluding hydrogens is 518 g/mol. The molecule has 0 radical (unpaired) electrons. The van der Waals surface area contributed by atoms with Gasteiger partial charge in [-0.15, -0.1) is 0 Å². The van der Waals surface area contributed by atoms with Crippen LogP contribution in [0.15, 0.2) is 47.4 Å². The number of anilines is 1. The van der Waals surface area contributed by atoms with Crippen LogP contribution in [0.4, 0.5) is 19.4 Å². The number of aromatic nitrogens is 4. The van der Waals surface area contributed by atoms with Gasteiger partial charge >= 0.3 is 11.8 Å². The maximum atomic E-state index is 15.7. The van der Waals surface area contributed by atoms with Crippen LogP contribution in [-0.2, 0) is 0 Å². The van der Waals surface area contributed by atoms with Crippen molar-refractivity contribution in [3.8, 4) is 16.9 Å². The lowest BCUT2D eigenvalue weighted by atomic mass is 10.0. The van der Waals surface area contributed by atoms with Crippen LogP contribution in [0.25, 0.3) is 28.0 Å². The van der Waals surface area contributed by atoms with Gasteiger partial charge in [0.05, 0.1) is 16.8 Å². The molecule has 3 aromatic heterocycles. The molecule has 2 unspecified atom stereocenters. The molecule has 1 saturated heterocycles. The van der Waals surface area contributed by atoms with E-state index in [1.165, 1.54) is 33.7 Å². The summed E-state index contributed by atoms with van der Waals surface area (Å²) in [6.07, 6.45) is 0.620. The van der Waals surface area contributed by atoms with Crippen molar-refractivity contribution in [2.24, 2.45) is 0 Å². The number of piperazine rings is 1. The zero-order chi connectivity index (χ0) is 28.9. The lowest BCUT2D eigenvalue weighted by Crippen LogP contribution is -2.58. The van der Waals surface area contributed by atoms with E-state index in [-0.39, 0.29) is 53.2 Å². The summed E-state index contributed by atoms with van der Waals surface area (Å²) in [5.74, 6) is -1.29. The van der Waals surface area contributed by atoms with E-state index < -0.39 is 29.5 Å². The molecule has 208 valence electrons. The molecule has 1 aliphatic rings. The van der Waals surface area contributed by atoms with Crippen LogP contribution in [-0.4, -0.2) is 60.8 Å². The minimum Gasteiger partial charge on any atom is -0.465 e. The number of carbonyl (C=O) groups is 1. The maximum absolute atomic E-state index is 15.7. The van der Waals surface area contributed by atoms with Crippen molar-refractivity contribution < 1.29 is 18.7 Å². The highest BCUT2D eigenvalue weighted by molar-refractivity contribution is 5.90. The Morgan fingerprint density at radius 3 is 2.45 bits per heavy atom. The molecule has 1 N–H and O–H groups in total. The number of halogens is 2. The Morgan fingerprint density at radius 1 is 1.05 bits per heavy atom. The number of hydrogen-bond acceptors (Lipinski definition) is 6. The highest BCUT2D eigenvalue weighted by Crippen LogP contribution is 2.34. The molecule has 0 aliphatic carbocycles. The molecule has 0 spiro atoms. The molecule has 9 nitrogen and oxygen atoms in total. The van der Waals surface area contributed by atoms with Gasteiger partial charge in [-0.05, 0) is 56.5 Å². The fourth-order valence-corrected chi connectivity index (χ4v) is 5.34. The topological polar surface area (TPSA) is 104 Å². The van der Waals surface area contributed by atoms with E-state index in [0.29, 0.717) is 11.4 Å². The summed E-state index contributed by atoms with van der Waals surface area (Å²) < 4.78 is 31.9. The van der Waals surface area contributed by atoms with Crippen molar-refractivity contribution in [1.29, 1.82) is 0 Å². The van der Waals surface area contributed by atoms with E-state index in [9.17, 15) is 19.1 Å². The van der Waals surface area contributed by atoms with Crippen LogP contribution in [0.5, 0.6) is 0 Å². The van der Waals surface area contributed by atoms with Crippen molar-refractivity contribution in [2.75, 3.05) is 18.0 Å². The maximum Gasteiger partial charge on any atom is 0.407 e. The molecule has 2 atom stereocenters. The number of pyridine rings is 2. The van der Waals surface area contributed by atoms with E-state index in [1.54, 1.807) is 25.3 Å². The summed E-state index contributed by atoms with van der Waals surface area (Å²) in [5.41, 5.74) is 1.04. The van der Waals surface area contributed by atoms with Gasteiger partial charge in [0, 0.05) is 36.9 Å². The molecule has 1 aromatic carbocycles. The predicted molar refractivity (Wildman–Crippen MR) is 148 cm³/mol. The third-order valence-electron chi connectivity index (χ3n) is 7.36. The minimum atomic E-state index is -1.04. The quantitative estimate of drug-likeness (QED) is 0.377. The number of nitrogens with zero attached hydrogens (tertiary/aromatic N) is 6. The van der Waals surface area contributed by atoms with Gasteiger partial charge < -0.3 is 14.9 Å². The zero-order valence-corrected chi connectivity index (χ0v) is 22.9. The van der Waals surface area contributed by atoms with Crippen molar-refractivity contribution in [2.45, 2.75) is 52.6 Å². The van der Waals surface area contributed by atoms with E-state index >= 15 is 4.39 Å². The van der Waals surface area contributed by atoms with Crippen LogP contribution in [0.3, 0.4) is 0 Å². The number of fused-ring (bicyclic) bond motifs is 1. The Balaban J connectivity index is 1.85. The standard InChI is InChI=1S/C29H30F2N6O3/c1-15(2)23-25(16(3)10-11-32-23)37-27-20(12-22(31)24(33-27)19-8-6-7-9-21(19)30)26(34-28(37)38)35-13-18(5)36(29(39)40)14-17(35)4/h6-12,15,17-18H,13-14H2,1-5H3,(H,39,40). The van der Waals surface area contributed by atoms with E-state index in [2.05, 4.69) is 15.0 Å². The summed E-state index contributed by atoms with van der Waals surface area (Å²) in [5, 5.41) is 9.85. The molecular formula is C29H30F2N6O3. The van der Waals surface area contributed by atoms with E-state index in [0.717, 1.165) is 5.56 Å². The van der Waals surface area contributed by atoms with Gasteiger partial charge in [-0.25, -0.2) is 27.9 Å². The van der Waals surface area contributed by atoms with Gasteiger partial charge in [0.2, 0.25) is 0 Å². The smallest absolute Gasteiger partial charge is 0.407 e. The minimum absolute atomic E-state index is 0.0386. The van der Waals surface area contributed by atoms with E-state index in [4.69, 9.17) is 0 Å². The Bertz CT molecular complexity index is 1690. The lowest BCUT2D eigenvalue weighted by Gasteiger charge is -2.43. The van der Waals surface area contributed by atoms with Crippen molar-refractivity contribution in [3.63, 3.8) is 0 Å². The van der Waals surface area contributed by atoms with Gasteiger partial charge in [-0.1, -0.05) is 26.0 Å². The Morgan fingerprint density at radius 2 is 1.77 bits per heavy atom.